The Kier molecular flexibility index (Phi) is 6.12. The summed E-state index contributed by atoms with van der Waals surface area (Å²) in [6, 6.07) is 10.2. The van der Waals surface area contributed by atoms with E-state index in [1.165, 1.54) is 6.07 Å². The summed E-state index contributed by atoms with van der Waals surface area (Å²) in [5.74, 6) is 0.673. The van der Waals surface area contributed by atoms with Gasteiger partial charge in [-0.2, -0.15) is 0 Å². The predicted molar refractivity (Wildman–Crippen MR) is 116 cm³/mol. The number of halogens is 1. The van der Waals surface area contributed by atoms with Crippen LogP contribution < -0.4 is 15.5 Å². The standard InChI is InChI=1S/C21H28FN5O3/c1-20(2,3)25-18-10-9-17(27(29)30)19(24-18)23-15-5-7-16(8-6-15)26-12-4-11-21(22,13-26)14-28/h5-10,28H,4,11-14H2,1-3H3,(H2,23,24,25). The summed E-state index contributed by atoms with van der Waals surface area (Å²) in [7, 11) is 0. The van der Waals surface area contributed by atoms with E-state index >= 15 is 0 Å². The van der Waals surface area contributed by atoms with Crippen molar-refractivity contribution in [1.29, 1.82) is 0 Å². The second kappa shape index (κ2) is 8.43. The second-order valence-corrected chi connectivity index (χ2v) is 8.70. The number of benzene rings is 1. The van der Waals surface area contributed by atoms with E-state index in [1.807, 2.05) is 37.8 Å². The molecule has 1 aliphatic heterocycles. The summed E-state index contributed by atoms with van der Waals surface area (Å²) in [6.45, 7) is 6.30. The molecule has 0 amide bonds. The Morgan fingerprint density at radius 3 is 2.57 bits per heavy atom. The van der Waals surface area contributed by atoms with Crippen LogP contribution in [0.4, 0.5) is 33.1 Å². The first kappa shape index (κ1) is 21.8. The largest absolute Gasteiger partial charge is 0.393 e. The molecule has 1 aromatic heterocycles. The maximum atomic E-state index is 14.5. The van der Waals surface area contributed by atoms with E-state index in [2.05, 4.69) is 15.6 Å². The molecule has 0 spiro atoms. The lowest BCUT2D eigenvalue weighted by atomic mass is 9.95. The molecule has 1 atom stereocenters. The number of alkyl halides is 1. The van der Waals surface area contributed by atoms with E-state index in [9.17, 15) is 19.6 Å². The molecule has 1 aromatic carbocycles. The minimum absolute atomic E-state index is 0.125. The van der Waals surface area contributed by atoms with E-state index in [0.717, 1.165) is 5.69 Å². The minimum atomic E-state index is -1.58. The van der Waals surface area contributed by atoms with Crippen molar-refractivity contribution in [2.45, 2.75) is 44.8 Å². The van der Waals surface area contributed by atoms with E-state index in [-0.39, 0.29) is 23.6 Å². The van der Waals surface area contributed by atoms with Gasteiger partial charge in [-0.15, -0.1) is 0 Å². The highest BCUT2D eigenvalue weighted by Crippen LogP contribution is 2.31. The molecule has 0 saturated carbocycles. The average molecular weight is 417 g/mol. The van der Waals surface area contributed by atoms with Crippen molar-refractivity contribution in [1.82, 2.24) is 4.98 Å². The Labute approximate surface area is 175 Å². The normalized spacial score (nSPS) is 19.4. The molecule has 0 aliphatic carbocycles. The fourth-order valence-electron chi connectivity index (χ4n) is 3.47. The average Bonchev–Trinajstić information content (AvgIpc) is 2.67. The van der Waals surface area contributed by atoms with Gasteiger partial charge >= 0.3 is 5.69 Å². The molecule has 0 radical (unpaired) electrons. The number of hydrogen-bond donors (Lipinski definition) is 3. The highest BCUT2D eigenvalue weighted by molar-refractivity contribution is 5.69. The van der Waals surface area contributed by atoms with Crippen molar-refractivity contribution in [2.24, 2.45) is 0 Å². The number of anilines is 4. The monoisotopic (exact) mass is 417 g/mol. The van der Waals surface area contributed by atoms with Gasteiger partial charge in [0.2, 0.25) is 5.82 Å². The van der Waals surface area contributed by atoms with Crippen molar-refractivity contribution in [3.05, 3.63) is 46.5 Å². The first-order valence-corrected chi connectivity index (χ1v) is 9.94. The van der Waals surface area contributed by atoms with Crippen molar-refractivity contribution in [2.75, 3.05) is 35.2 Å². The van der Waals surface area contributed by atoms with Crippen LogP contribution in [0.5, 0.6) is 0 Å². The highest BCUT2D eigenvalue weighted by atomic mass is 19.1. The lowest BCUT2D eigenvalue weighted by Gasteiger charge is -2.37. The fourth-order valence-corrected chi connectivity index (χ4v) is 3.47. The summed E-state index contributed by atoms with van der Waals surface area (Å²) < 4.78 is 14.5. The van der Waals surface area contributed by atoms with Crippen molar-refractivity contribution in [3.63, 3.8) is 0 Å². The lowest BCUT2D eigenvalue weighted by molar-refractivity contribution is -0.384. The first-order valence-electron chi connectivity index (χ1n) is 9.94. The van der Waals surface area contributed by atoms with Gasteiger partial charge in [-0.3, -0.25) is 10.1 Å². The van der Waals surface area contributed by atoms with Gasteiger partial charge in [-0.25, -0.2) is 9.37 Å². The molecule has 2 heterocycles. The topological polar surface area (TPSA) is 104 Å². The van der Waals surface area contributed by atoms with Crippen molar-refractivity contribution < 1.29 is 14.4 Å². The molecule has 8 nitrogen and oxygen atoms in total. The third-order valence-electron chi connectivity index (χ3n) is 4.88. The number of pyridine rings is 1. The van der Waals surface area contributed by atoms with Crippen LogP contribution in [0.1, 0.15) is 33.6 Å². The maximum absolute atomic E-state index is 14.5. The molecule has 2 aromatic rings. The molecule has 1 saturated heterocycles. The van der Waals surface area contributed by atoms with Gasteiger partial charge in [0.1, 0.15) is 5.82 Å². The van der Waals surface area contributed by atoms with E-state index < -0.39 is 17.2 Å². The number of aromatic nitrogens is 1. The van der Waals surface area contributed by atoms with Crippen molar-refractivity contribution in [3.8, 4) is 0 Å². The molecule has 1 fully saturated rings. The Hall–Kier alpha value is -2.94. The van der Waals surface area contributed by atoms with Gasteiger partial charge in [0.25, 0.3) is 0 Å². The van der Waals surface area contributed by atoms with Crippen LogP contribution in [-0.2, 0) is 0 Å². The molecular weight excluding hydrogens is 389 g/mol. The second-order valence-electron chi connectivity index (χ2n) is 8.70. The summed E-state index contributed by atoms with van der Waals surface area (Å²) >= 11 is 0. The number of aliphatic hydroxyl groups is 1. The molecule has 0 bridgehead atoms. The molecule has 1 aliphatic rings. The van der Waals surface area contributed by atoms with Crippen LogP contribution in [0, 0.1) is 10.1 Å². The fraction of sp³-hybridized carbons (Fsp3) is 0.476. The minimum Gasteiger partial charge on any atom is -0.393 e. The number of nitrogens with zero attached hydrogens (tertiary/aromatic N) is 3. The zero-order chi connectivity index (χ0) is 21.9. The lowest BCUT2D eigenvalue weighted by Crippen LogP contribution is -2.47. The molecule has 3 rings (SSSR count). The zero-order valence-electron chi connectivity index (χ0n) is 17.5. The number of piperidine rings is 1. The number of aliphatic hydroxyl groups excluding tert-OH is 1. The van der Waals surface area contributed by atoms with Crippen LogP contribution in [0.2, 0.25) is 0 Å². The smallest absolute Gasteiger partial charge is 0.311 e. The van der Waals surface area contributed by atoms with Gasteiger partial charge in [-0.05, 0) is 63.9 Å². The summed E-state index contributed by atoms with van der Waals surface area (Å²) in [4.78, 5) is 17.2. The third-order valence-corrected chi connectivity index (χ3v) is 4.88. The van der Waals surface area contributed by atoms with Crippen LogP contribution in [-0.4, -0.2) is 45.9 Å². The number of rotatable bonds is 6. The molecule has 162 valence electrons. The Morgan fingerprint density at radius 2 is 1.97 bits per heavy atom. The molecule has 30 heavy (non-hydrogen) atoms. The summed E-state index contributed by atoms with van der Waals surface area (Å²) in [5.41, 5.74) is -0.481. The number of nitrogens with one attached hydrogen (secondary N) is 2. The van der Waals surface area contributed by atoms with E-state index in [1.54, 1.807) is 18.2 Å². The van der Waals surface area contributed by atoms with Crippen LogP contribution >= 0.6 is 0 Å². The summed E-state index contributed by atoms with van der Waals surface area (Å²) in [5, 5.41) is 26.9. The Bertz CT molecular complexity index is 901. The Balaban J connectivity index is 1.79. The SMILES string of the molecule is CC(C)(C)Nc1ccc([N+](=O)[O-])c(Nc2ccc(N3CCCC(F)(CO)C3)cc2)n1. The van der Waals surface area contributed by atoms with Gasteiger partial charge in [0.15, 0.2) is 5.67 Å². The first-order chi connectivity index (χ1) is 14.1. The van der Waals surface area contributed by atoms with Crippen LogP contribution in [0.15, 0.2) is 36.4 Å². The van der Waals surface area contributed by atoms with Gasteiger partial charge < -0.3 is 20.6 Å². The predicted octanol–water partition coefficient (Wildman–Crippen LogP) is 4.24. The molecule has 3 N–H and O–H groups in total. The van der Waals surface area contributed by atoms with Gasteiger partial charge in [0, 0.05) is 29.5 Å². The highest BCUT2D eigenvalue weighted by Gasteiger charge is 2.35. The summed E-state index contributed by atoms with van der Waals surface area (Å²) in [6.07, 6.45) is 1.02. The molecule has 9 heteroatoms. The van der Waals surface area contributed by atoms with Crippen molar-refractivity contribution >= 4 is 28.7 Å². The molecular formula is C21H28FN5O3. The quantitative estimate of drug-likeness (QED) is 0.477. The third kappa shape index (κ3) is 5.35. The number of hydrogen-bond acceptors (Lipinski definition) is 7. The van der Waals surface area contributed by atoms with Gasteiger partial charge in [0.05, 0.1) is 18.1 Å². The molecule has 1 unspecified atom stereocenters. The number of nitro groups is 1. The van der Waals surface area contributed by atoms with E-state index in [4.69, 9.17) is 0 Å². The Morgan fingerprint density at radius 1 is 1.27 bits per heavy atom. The zero-order valence-corrected chi connectivity index (χ0v) is 17.5. The maximum Gasteiger partial charge on any atom is 0.311 e. The van der Waals surface area contributed by atoms with Gasteiger partial charge in [-0.1, -0.05) is 0 Å². The van der Waals surface area contributed by atoms with E-state index in [0.29, 0.717) is 30.9 Å². The van der Waals surface area contributed by atoms with Crippen LogP contribution in [0.3, 0.4) is 0 Å². The van der Waals surface area contributed by atoms with Crippen LogP contribution in [0.25, 0.3) is 0 Å².